The number of nitrogens with zero attached hydrogens (tertiary/aromatic N) is 1. The van der Waals surface area contributed by atoms with Gasteiger partial charge in [0.15, 0.2) is 18.1 Å². The molecule has 1 N–H and O–H groups in total. The molecule has 1 saturated heterocycles. The first kappa shape index (κ1) is 20.6. The molecule has 0 bridgehead atoms. The fraction of sp³-hybridized carbons (Fsp3) is 0.364. The maximum absolute atomic E-state index is 13.0. The molecule has 154 valence electrons. The van der Waals surface area contributed by atoms with Gasteiger partial charge in [-0.15, -0.1) is 0 Å². The van der Waals surface area contributed by atoms with E-state index in [-0.39, 0.29) is 30.3 Å². The fourth-order valence-electron chi connectivity index (χ4n) is 3.22. The third-order valence-corrected chi connectivity index (χ3v) is 4.79. The molecule has 29 heavy (non-hydrogen) atoms. The summed E-state index contributed by atoms with van der Waals surface area (Å²) < 4.78 is 24.1. The minimum Gasteiger partial charge on any atom is -0.490 e. The van der Waals surface area contributed by atoms with Crippen LogP contribution >= 0.6 is 0 Å². The summed E-state index contributed by atoms with van der Waals surface area (Å²) in [5.41, 5.74) is 0.422. The molecule has 0 radical (unpaired) electrons. The second-order valence-electron chi connectivity index (χ2n) is 6.80. The van der Waals surface area contributed by atoms with Crippen molar-refractivity contribution >= 4 is 11.8 Å². The van der Waals surface area contributed by atoms with E-state index in [1.54, 1.807) is 17.0 Å². The van der Waals surface area contributed by atoms with Crippen LogP contribution in [0.2, 0.25) is 0 Å². The van der Waals surface area contributed by atoms with Crippen molar-refractivity contribution in [2.24, 2.45) is 0 Å². The Kier molecular flexibility index (Phi) is 7.05. The van der Waals surface area contributed by atoms with Gasteiger partial charge in [0.2, 0.25) is 0 Å². The van der Waals surface area contributed by atoms with Gasteiger partial charge in [-0.25, -0.2) is 4.39 Å². The molecule has 1 aliphatic heterocycles. The zero-order valence-electron chi connectivity index (χ0n) is 16.4. The molecule has 0 unspecified atom stereocenters. The Morgan fingerprint density at radius 3 is 2.28 bits per heavy atom. The van der Waals surface area contributed by atoms with Gasteiger partial charge in [0.25, 0.3) is 11.8 Å². The first-order valence-corrected chi connectivity index (χ1v) is 9.75. The topological polar surface area (TPSA) is 67.9 Å². The Hall–Kier alpha value is -3.09. The lowest BCUT2D eigenvalue weighted by atomic mass is 10.0. The molecule has 2 aromatic carbocycles. The lowest BCUT2D eigenvalue weighted by Crippen LogP contribution is -2.47. The van der Waals surface area contributed by atoms with Gasteiger partial charge in [-0.2, -0.15) is 0 Å². The van der Waals surface area contributed by atoms with E-state index in [1.165, 1.54) is 24.3 Å². The van der Waals surface area contributed by atoms with Crippen LogP contribution in [0.5, 0.6) is 11.5 Å². The summed E-state index contributed by atoms with van der Waals surface area (Å²) in [7, 11) is 0. The average molecular weight is 400 g/mol. The summed E-state index contributed by atoms with van der Waals surface area (Å²) in [4.78, 5) is 26.4. The van der Waals surface area contributed by atoms with Crippen LogP contribution in [0.4, 0.5) is 4.39 Å². The van der Waals surface area contributed by atoms with Crippen molar-refractivity contribution in [1.82, 2.24) is 10.2 Å². The molecule has 6 nitrogen and oxygen atoms in total. The van der Waals surface area contributed by atoms with Crippen molar-refractivity contribution in [2.45, 2.75) is 25.8 Å². The maximum atomic E-state index is 13.0. The number of halogens is 1. The third-order valence-electron chi connectivity index (χ3n) is 4.79. The lowest BCUT2D eigenvalue weighted by Gasteiger charge is -2.32. The molecule has 0 spiro atoms. The Morgan fingerprint density at radius 2 is 1.66 bits per heavy atom. The number of hydrogen-bond donors (Lipinski definition) is 1. The SMILES string of the molecule is CCOc1ccccc1OCC(=O)N1CCC(NC(=O)c2ccc(F)cc2)CC1. The van der Waals surface area contributed by atoms with E-state index in [0.717, 1.165) is 0 Å². The normalized spacial score (nSPS) is 14.3. The second kappa shape index (κ2) is 9.91. The third kappa shape index (κ3) is 5.70. The van der Waals surface area contributed by atoms with E-state index in [0.29, 0.717) is 49.6 Å². The summed E-state index contributed by atoms with van der Waals surface area (Å²) in [5, 5.41) is 2.95. The Bertz CT molecular complexity index is 833. The van der Waals surface area contributed by atoms with Crippen molar-refractivity contribution in [3.8, 4) is 11.5 Å². The number of amides is 2. The maximum Gasteiger partial charge on any atom is 0.260 e. The number of hydrogen-bond acceptors (Lipinski definition) is 4. The predicted molar refractivity (Wildman–Crippen MR) is 107 cm³/mol. The van der Waals surface area contributed by atoms with Crippen LogP contribution in [0.3, 0.4) is 0 Å². The standard InChI is InChI=1S/C22H25FN2O4/c1-2-28-19-5-3-4-6-20(19)29-15-21(26)25-13-11-18(12-14-25)24-22(27)16-7-9-17(23)10-8-16/h3-10,18H,2,11-15H2,1H3,(H,24,27). The zero-order valence-corrected chi connectivity index (χ0v) is 16.4. The highest BCUT2D eigenvalue weighted by Crippen LogP contribution is 2.26. The summed E-state index contributed by atoms with van der Waals surface area (Å²) in [6.07, 6.45) is 1.32. The van der Waals surface area contributed by atoms with Crippen LogP contribution < -0.4 is 14.8 Å². The number of benzene rings is 2. The predicted octanol–water partition coefficient (Wildman–Crippen LogP) is 3.02. The van der Waals surface area contributed by atoms with Crippen molar-refractivity contribution in [1.29, 1.82) is 0 Å². The number of rotatable bonds is 7. The number of nitrogens with one attached hydrogen (secondary N) is 1. The van der Waals surface area contributed by atoms with E-state index in [9.17, 15) is 14.0 Å². The van der Waals surface area contributed by atoms with Gasteiger partial charge in [0.1, 0.15) is 5.82 Å². The Morgan fingerprint density at radius 1 is 1.03 bits per heavy atom. The molecule has 0 aromatic heterocycles. The molecule has 1 heterocycles. The summed E-state index contributed by atoms with van der Waals surface area (Å²) in [5.74, 6) is 0.457. The first-order valence-electron chi connectivity index (χ1n) is 9.75. The van der Waals surface area contributed by atoms with Crippen molar-refractivity contribution in [2.75, 3.05) is 26.3 Å². The van der Waals surface area contributed by atoms with Gasteiger partial charge in [-0.05, 0) is 56.2 Å². The van der Waals surface area contributed by atoms with Crippen LogP contribution in [0.25, 0.3) is 0 Å². The fourth-order valence-corrected chi connectivity index (χ4v) is 3.22. The number of ether oxygens (including phenoxy) is 2. The van der Waals surface area contributed by atoms with E-state index >= 15 is 0 Å². The Labute approximate surface area is 169 Å². The summed E-state index contributed by atoms with van der Waals surface area (Å²) in [6.45, 7) is 3.44. The summed E-state index contributed by atoms with van der Waals surface area (Å²) >= 11 is 0. The second-order valence-corrected chi connectivity index (χ2v) is 6.80. The summed E-state index contributed by atoms with van der Waals surface area (Å²) in [6, 6.07) is 12.7. The minimum absolute atomic E-state index is 0.0174. The van der Waals surface area contributed by atoms with Gasteiger partial charge in [0.05, 0.1) is 6.61 Å². The quantitative estimate of drug-likeness (QED) is 0.776. The molecule has 2 aromatic rings. The molecule has 3 rings (SSSR count). The van der Waals surface area contributed by atoms with Crippen molar-refractivity contribution < 1.29 is 23.5 Å². The van der Waals surface area contributed by atoms with Crippen molar-refractivity contribution in [3.05, 3.63) is 59.9 Å². The first-order chi connectivity index (χ1) is 14.1. The average Bonchev–Trinajstić information content (AvgIpc) is 2.74. The number of piperidine rings is 1. The van der Waals surface area contributed by atoms with Gasteiger partial charge in [-0.1, -0.05) is 12.1 Å². The number of likely N-dealkylation sites (tertiary alicyclic amines) is 1. The number of carbonyl (C=O) groups excluding carboxylic acids is 2. The molecule has 7 heteroatoms. The highest BCUT2D eigenvalue weighted by atomic mass is 19.1. The van der Waals surface area contributed by atoms with E-state index in [2.05, 4.69) is 5.32 Å². The molecule has 2 amide bonds. The van der Waals surface area contributed by atoms with E-state index < -0.39 is 0 Å². The van der Waals surface area contributed by atoms with Crippen molar-refractivity contribution in [3.63, 3.8) is 0 Å². The smallest absolute Gasteiger partial charge is 0.260 e. The highest BCUT2D eigenvalue weighted by Gasteiger charge is 2.24. The number of para-hydroxylation sites is 2. The molecular formula is C22H25FN2O4. The van der Waals surface area contributed by atoms with Crippen LogP contribution in [0.15, 0.2) is 48.5 Å². The van der Waals surface area contributed by atoms with Crippen LogP contribution in [0.1, 0.15) is 30.1 Å². The minimum atomic E-state index is -0.375. The largest absolute Gasteiger partial charge is 0.490 e. The number of carbonyl (C=O) groups is 2. The highest BCUT2D eigenvalue weighted by molar-refractivity contribution is 5.94. The van der Waals surface area contributed by atoms with Gasteiger partial charge < -0.3 is 19.7 Å². The van der Waals surface area contributed by atoms with E-state index in [4.69, 9.17) is 9.47 Å². The van der Waals surface area contributed by atoms with Crippen LogP contribution in [0, 0.1) is 5.82 Å². The molecule has 0 saturated carbocycles. The molecular weight excluding hydrogens is 375 g/mol. The zero-order chi connectivity index (χ0) is 20.6. The monoisotopic (exact) mass is 400 g/mol. The van der Waals surface area contributed by atoms with Crippen LogP contribution in [-0.2, 0) is 4.79 Å². The van der Waals surface area contributed by atoms with Gasteiger partial charge in [-0.3, -0.25) is 9.59 Å². The molecule has 1 fully saturated rings. The lowest BCUT2D eigenvalue weighted by molar-refractivity contribution is -0.134. The molecule has 0 atom stereocenters. The molecule has 1 aliphatic rings. The van der Waals surface area contributed by atoms with Gasteiger partial charge in [0, 0.05) is 24.7 Å². The van der Waals surface area contributed by atoms with Crippen LogP contribution in [-0.4, -0.2) is 49.1 Å². The molecule has 0 aliphatic carbocycles. The van der Waals surface area contributed by atoms with E-state index in [1.807, 2.05) is 19.1 Å². The Balaban J connectivity index is 1.45. The van der Waals surface area contributed by atoms with Gasteiger partial charge >= 0.3 is 0 Å².